The number of ether oxygens (including phenoxy) is 4. The van der Waals surface area contributed by atoms with Crippen LogP contribution in [-0.2, 0) is 65.4 Å². The molecule has 0 aromatic heterocycles. The number of esters is 4. The standard InChI is InChI=1S/C72H140O17P2/c1-7-9-11-13-15-17-18-22-26-31-37-43-49-55-70(75)83-61-68(88-71(76)56-50-44-38-32-27-24-21-19-20-23-25-29-34-40-46-52-64(3)4)63-87-91(80,81)85-59-66(73)58-84-90(78,79)86-62-67(60-82-69(74)54-48-42-36-16-14-12-10-8-2)89-72(77)57-51-45-39-33-28-30-35-41-47-53-65(5)6/h64-68,73H,7-63H2,1-6H3,(H,78,79)(H,80,81)/t66-,67+,68+/m0/s1. The number of hydrogen-bond donors (Lipinski definition) is 3. The van der Waals surface area contributed by atoms with E-state index in [9.17, 15) is 43.2 Å². The molecule has 0 heterocycles. The summed E-state index contributed by atoms with van der Waals surface area (Å²) in [5.74, 6) is -0.584. The zero-order valence-electron chi connectivity index (χ0n) is 59.1. The summed E-state index contributed by atoms with van der Waals surface area (Å²) >= 11 is 0. The molecule has 0 aromatic rings. The fourth-order valence-electron chi connectivity index (χ4n) is 10.9. The lowest BCUT2D eigenvalue weighted by Gasteiger charge is -2.21. The lowest BCUT2D eigenvalue weighted by molar-refractivity contribution is -0.161. The molecule has 0 aromatic carbocycles. The summed E-state index contributed by atoms with van der Waals surface area (Å²) < 4.78 is 68.3. The zero-order valence-corrected chi connectivity index (χ0v) is 60.9. The molecule has 540 valence electrons. The number of hydrogen-bond acceptors (Lipinski definition) is 15. The van der Waals surface area contributed by atoms with Crippen LogP contribution >= 0.6 is 15.6 Å². The minimum absolute atomic E-state index is 0.105. The Balaban J connectivity index is 5.21. The largest absolute Gasteiger partial charge is 0.472 e. The molecule has 0 saturated heterocycles. The van der Waals surface area contributed by atoms with Crippen LogP contribution in [0.2, 0.25) is 0 Å². The van der Waals surface area contributed by atoms with Gasteiger partial charge in [-0.3, -0.25) is 37.3 Å². The zero-order chi connectivity index (χ0) is 67.2. The number of aliphatic hydroxyl groups is 1. The van der Waals surface area contributed by atoms with Gasteiger partial charge < -0.3 is 33.8 Å². The predicted molar refractivity (Wildman–Crippen MR) is 368 cm³/mol. The Morgan fingerprint density at radius 3 is 0.747 bits per heavy atom. The van der Waals surface area contributed by atoms with Crippen LogP contribution in [0.3, 0.4) is 0 Å². The van der Waals surface area contributed by atoms with Crippen molar-refractivity contribution >= 4 is 39.5 Å². The van der Waals surface area contributed by atoms with Gasteiger partial charge in [0.1, 0.15) is 19.3 Å². The summed E-state index contributed by atoms with van der Waals surface area (Å²) in [6.45, 7) is 9.54. The molecule has 0 aliphatic carbocycles. The molecule has 0 radical (unpaired) electrons. The quantitative estimate of drug-likeness (QED) is 0.0222. The van der Waals surface area contributed by atoms with Gasteiger partial charge in [-0.1, -0.05) is 318 Å². The molecule has 3 N–H and O–H groups in total. The maximum Gasteiger partial charge on any atom is 0.472 e. The Morgan fingerprint density at radius 1 is 0.297 bits per heavy atom. The Bertz CT molecular complexity index is 1770. The number of carbonyl (C=O) groups is 4. The first-order chi connectivity index (χ1) is 43.9. The van der Waals surface area contributed by atoms with E-state index in [1.165, 1.54) is 180 Å². The van der Waals surface area contributed by atoms with E-state index in [0.29, 0.717) is 25.7 Å². The highest BCUT2D eigenvalue weighted by molar-refractivity contribution is 7.47. The van der Waals surface area contributed by atoms with Gasteiger partial charge in [0.15, 0.2) is 12.2 Å². The molecule has 2 unspecified atom stereocenters. The highest BCUT2D eigenvalue weighted by Gasteiger charge is 2.30. The van der Waals surface area contributed by atoms with Crippen LogP contribution in [0.25, 0.3) is 0 Å². The van der Waals surface area contributed by atoms with E-state index in [2.05, 4.69) is 41.5 Å². The molecular weight excluding hydrogens is 1200 g/mol. The molecule has 17 nitrogen and oxygen atoms in total. The topological polar surface area (TPSA) is 237 Å². The van der Waals surface area contributed by atoms with Crippen molar-refractivity contribution < 1.29 is 80.2 Å². The Hall–Kier alpha value is -1.94. The third-order valence-corrected chi connectivity index (χ3v) is 18.6. The van der Waals surface area contributed by atoms with Crippen LogP contribution in [0.4, 0.5) is 0 Å². The van der Waals surface area contributed by atoms with Gasteiger partial charge in [0, 0.05) is 25.7 Å². The minimum atomic E-state index is -4.95. The number of rotatable bonds is 71. The number of aliphatic hydroxyl groups excluding tert-OH is 1. The summed E-state index contributed by atoms with van der Waals surface area (Å²) in [6.07, 6.45) is 50.0. The van der Waals surface area contributed by atoms with E-state index < -0.39 is 97.5 Å². The van der Waals surface area contributed by atoms with Gasteiger partial charge in [0.25, 0.3) is 0 Å². The van der Waals surface area contributed by atoms with Crippen LogP contribution in [-0.4, -0.2) is 96.7 Å². The van der Waals surface area contributed by atoms with Crippen LogP contribution in [0.1, 0.15) is 369 Å². The van der Waals surface area contributed by atoms with Crippen molar-refractivity contribution in [3.63, 3.8) is 0 Å². The average Bonchev–Trinajstić information content (AvgIpc) is 3.21. The van der Waals surface area contributed by atoms with Crippen molar-refractivity contribution in [3.8, 4) is 0 Å². The van der Waals surface area contributed by atoms with Gasteiger partial charge in [-0.15, -0.1) is 0 Å². The average molecular weight is 1340 g/mol. The van der Waals surface area contributed by atoms with Crippen molar-refractivity contribution in [1.29, 1.82) is 0 Å². The summed E-state index contributed by atoms with van der Waals surface area (Å²) in [5.41, 5.74) is 0. The van der Waals surface area contributed by atoms with Crippen molar-refractivity contribution in [3.05, 3.63) is 0 Å². The smallest absolute Gasteiger partial charge is 0.462 e. The van der Waals surface area contributed by atoms with Crippen molar-refractivity contribution in [2.45, 2.75) is 387 Å². The molecular formula is C72H140O17P2. The summed E-state index contributed by atoms with van der Waals surface area (Å²) in [7, 11) is -9.90. The van der Waals surface area contributed by atoms with Gasteiger partial charge in [-0.05, 0) is 37.5 Å². The molecule has 91 heavy (non-hydrogen) atoms. The Kier molecular flexibility index (Phi) is 62.7. The van der Waals surface area contributed by atoms with Crippen molar-refractivity contribution in [1.82, 2.24) is 0 Å². The molecule has 0 bridgehead atoms. The molecule has 0 aliphatic rings. The normalized spacial score (nSPS) is 14.1. The van der Waals surface area contributed by atoms with E-state index in [0.717, 1.165) is 108 Å². The van der Waals surface area contributed by atoms with Crippen LogP contribution in [0.15, 0.2) is 0 Å². The summed E-state index contributed by atoms with van der Waals surface area (Å²) in [5, 5.41) is 10.6. The third-order valence-electron chi connectivity index (χ3n) is 16.7. The fourth-order valence-corrected chi connectivity index (χ4v) is 12.5. The van der Waals surface area contributed by atoms with Gasteiger partial charge in [-0.2, -0.15) is 0 Å². The second kappa shape index (κ2) is 64.1. The van der Waals surface area contributed by atoms with Crippen LogP contribution in [0.5, 0.6) is 0 Å². The second-order valence-corrected chi connectivity index (χ2v) is 29.8. The highest BCUT2D eigenvalue weighted by Crippen LogP contribution is 2.45. The van der Waals surface area contributed by atoms with Crippen LogP contribution in [0, 0.1) is 11.8 Å². The predicted octanol–water partition coefficient (Wildman–Crippen LogP) is 20.8. The first kappa shape index (κ1) is 89.1. The second-order valence-electron chi connectivity index (χ2n) is 26.9. The fraction of sp³-hybridized carbons (Fsp3) is 0.944. The number of carbonyl (C=O) groups excluding carboxylic acids is 4. The molecule has 5 atom stereocenters. The first-order valence-corrected chi connectivity index (χ1v) is 40.5. The van der Waals surface area contributed by atoms with E-state index in [1.54, 1.807) is 0 Å². The molecule has 0 amide bonds. The minimum Gasteiger partial charge on any atom is -0.462 e. The third kappa shape index (κ3) is 66.5. The van der Waals surface area contributed by atoms with Crippen molar-refractivity contribution in [2.75, 3.05) is 39.6 Å². The van der Waals surface area contributed by atoms with E-state index in [-0.39, 0.29) is 25.7 Å². The van der Waals surface area contributed by atoms with Crippen molar-refractivity contribution in [2.24, 2.45) is 11.8 Å². The van der Waals surface area contributed by atoms with Gasteiger partial charge in [0.2, 0.25) is 0 Å². The van der Waals surface area contributed by atoms with Gasteiger partial charge >= 0.3 is 39.5 Å². The van der Waals surface area contributed by atoms with Crippen LogP contribution < -0.4 is 0 Å². The number of unbranched alkanes of at least 4 members (excludes halogenated alkanes) is 41. The molecule has 0 saturated carbocycles. The van der Waals surface area contributed by atoms with Gasteiger partial charge in [-0.25, -0.2) is 9.13 Å². The first-order valence-electron chi connectivity index (χ1n) is 37.5. The number of phosphoric ester groups is 2. The van der Waals surface area contributed by atoms with Gasteiger partial charge in [0.05, 0.1) is 26.4 Å². The summed E-state index contributed by atoms with van der Waals surface area (Å²) in [4.78, 5) is 72.5. The summed E-state index contributed by atoms with van der Waals surface area (Å²) in [6, 6.07) is 0. The monoisotopic (exact) mass is 1340 g/mol. The van der Waals surface area contributed by atoms with E-state index >= 15 is 0 Å². The molecule has 0 rings (SSSR count). The molecule has 0 fully saturated rings. The maximum absolute atomic E-state index is 13.0. The molecule has 0 spiro atoms. The Morgan fingerprint density at radius 2 is 0.505 bits per heavy atom. The highest BCUT2D eigenvalue weighted by atomic mass is 31.2. The Labute approximate surface area is 556 Å². The lowest BCUT2D eigenvalue weighted by Crippen LogP contribution is -2.30. The lowest BCUT2D eigenvalue weighted by atomic mass is 10.0. The SMILES string of the molecule is CCCCCCCCCCCCCCCC(=O)OC[C@H](COP(=O)(O)OC[C@@H](O)COP(=O)(O)OC[C@@H](COC(=O)CCCCCCCCCC)OC(=O)CCCCCCCCCCCC(C)C)OC(=O)CCCCCCCCCCCCCCCCCC(C)C. The molecule has 0 aliphatic heterocycles. The van der Waals surface area contributed by atoms with E-state index in [1.807, 2.05) is 0 Å². The maximum atomic E-state index is 13.0. The number of phosphoric acid groups is 2. The molecule has 19 heteroatoms. The van der Waals surface area contributed by atoms with E-state index in [4.69, 9.17) is 37.0 Å².